The molecule has 0 aromatic heterocycles. The van der Waals surface area contributed by atoms with Gasteiger partial charge in [-0.15, -0.1) is 13.2 Å². The molecule has 0 spiro atoms. The molecule has 1 atom stereocenters. The number of carbonyl (C=O) groups excluding carboxylic acids is 1. The monoisotopic (exact) mass is 429 g/mol. The molecule has 0 aliphatic heterocycles. The summed E-state index contributed by atoms with van der Waals surface area (Å²) in [6, 6.07) is 10.9. The van der Waals surface area contributed by atoms with Gasteiger partial charge in [0.15, 0.2) is 5.84 Å². The van der Waals surface area contributed by atoms with Crippen molar-refractivity contribution in [2.75, 3.05) is 6.54 Å². The smallest absolute Gasteiger partial charge is 0.406 e. The largest absolute Gasteiger partial charge is 0.573 e. The van der Waals surface area contributed by atoms with Crippen LogP contribution in [0.25, 0.3) is 0 Å². The lowest BCUT2D eigenvalue weighted by molar-refractivity contribution is -0.274. The predicted molar refractivity (Wildman–Crippen MR) is 102 cm³/mol. The lowest BCUT2D eigenvalue weighted by atomic mass is 10.1. The molecule has 6 nitrogen and oxygen atoms in total. The van der Waals surface area contributed by atoms with Crippen LogP contribution in [0.5, 0.6) is 5.75 Å². The van der Waals surface area contributed by atoms with E-state index in [0.717, 1.165) is 12.1 Å². The Hall–Kier alpha value is -2.78. The summed E-state index contributed by atoms with van der Waals surface area (Å²) in [6.07, 6.45) is -4.22. The molecule has 0 saturated carbocycles. The summed E-state index contributed by atoms with van der Waals surface area (Å²) in [5.41, 5.74) is 2.71. The summed E-state index contributed by atoms with van der Waals surface area (Å²) in [4.78, 5) is 16.5. The fourth-order valence-electron chi connectivity index (χ4n) is 2.35. The van der Waals surface area contributed by atoms with Crippen molar-refractivity contribution >= 4 is 23.3 Å². The maximum absolute atomic E-state index is 12.3. The topological polar surface area (TPSA) is 83.0 Å². The van der Waals surface area contributed by atoms with Crippen LogP contribution in [0.2, 0.25) is 5.02 Å². The number of hydrogen-bond donors (Lipinski definition) is 3. The Labute approximate surface area is 170 Å². The maximum atomic E-state index is 12.3. The van der Waals surface area contributed by atoms with Crippen LogP contribution in [0, 0.1) is 0 Å². The van der Waals surface area contributed by atoms with Gasteiger partial charge in [0.2, 0.25) is 0 Å². The van der Waals surface area contributed by atoms with Gasteiger partial charge in [0.1, 0.15) is 5.75 Å². The predicted octanol–water partition coefficient (Wildman–Crippen LogP) is 4.17. The first-order chi connectivity index (χ1) is 13.7. The van der Waals surface area contributed by atoms with Crippen molar-refractivity contribution < 1.29 is 27.9 Å². The van der Waals surface area contributed by atoms with Gasteiger partial charge in [0, 0.05) is 22.2 Å². The van der Waals surface area contributed by atoms with E-state index < -0.39 is 6.36 Å². The molecule has 0 bridgehead atoms. The number of ether oxygens (including phenoxy) is 1. The number of hydroxylamine groups is 1. The molecule has 1 amide bonds. The van der Waals surface area contributed by atoms with E-state index in [-0.39, 0.29) is 30.1 Å². The highest BCUT2D eigenvalue weighted by Crippen LogP contribution is 2.22. The number of aliphatic imine (C=N–C) groups is 1. The molecular formula is C19H19ClF3N3O3. The number of hydrogen-bond acceptors (Lipinski definition) is 4. The van der Waals surface area contributed by atoms with E-state index >= 15 is 0 Å². The molecule has 2 aromatic carbocycles. The van der Waals surface area contributed by atoms with Gasteiger partial charge in [-0.1, -0.05) is 18.5 Å². The van der Waals surface area contributed by atoms with Gasteiger partial charge in [0.05, 0.1) is 6.54 Å². The van der Waals surface area contributed by atoms with Gasteiger partial charge >= 0.3 is 6.36 Å². The highest BCUT2D eigenvalue weighted by atomic mass is 35.5. The highest BCUT2D eigenvalue weighted by Gasteiger charge is 2.31. The SMILES string of the molecule is CC[C@@H](CN=C(NO)c1ccc(OC(F)(F)F)cc1)NC(=O)c1ccc(Cl)cc1. The third kappa shape index (κ3) is 7.28. The van der Waals surface area contributed by atoms with E-state index in [1.807, 2.05) is 12.4 Å². The average Bonchev–Trinajstić information content (AvgIpc) is 2.67. The van der Waals surface area contributed by atoms with Crippen LogP contribution in [0.1, 0.15) is 29.3 Å². The summed E-state index contributed by atoms with van der Waals surface area (Å²) >= 11 is 5.81. The minimum atomic E-state index is -4.79. The Morgan fingerprint density at radius 3 is 2.24 bits per heavy atom. The number of nitrogens with one attached hydrogen (secondary N) is 2. The summed E-state index contributed by atoms with van der Waals surface area (Å²) in [5, 5.41) is 12.7. The number of carbonyl (C=O) groups is 1. The van der Waals surface area contributed by atoms with E-state index in [4.69, 9.17) is 11.6 Å². The second kappa shape index (κ2) is 10.1. The quantitative estimate of drug-likeness (QED) is 0.350. The minimum absolute atomic E-state index is 0.0442. The zero-order valence-electron chi connectivity index (χ0n) is 15.3. The van der Waals surface area contributed by atoms with Crippen LogP contribution in [0.3, 0.4) is 0 Å². The first-order valence-electron chi connectivity index (χ1n) is 8.59. The van der Waals surface area contributed by atoms with Gasteiger partial charge in [0.25, 0.3) is 5.91 Å². The van der Waals surface area contributed by atoms with Crippen molar-refractivity contribution in [3.05, 3.63) is 64.7 Å². The van der Waals surface area contributed by atoms with Crippen LogP contribution in [0.15, 0.2) is 53.5 Å². The van der Waals surface area contributed by atoms with Gasteiger partial charge in [-0.05, 0) is 55.0 Å². The standard InChI is InChI=1S/C19H19ClF3N3O3/c1-2-15(25-18(27)13-3-7-14(20)8-4-13)11-24-17(26-28)12-5-9-16(10-6-12)29-19(21,22)23/h3-10,15,28H,2,11H2,1H3,(H,24,26)(H,25,27)/t15-/m0/s1. The van der Waals surface area contributed by atoms with E-state index in [0.29, 0.717) is 22.6 Å². The van der Waals surface area contributed by atoms with Gasteiger partial charge in [-0.2, -0.15) is 0 Å². The third-order valence-corrected chi connectivity index (χ3v) is 4.12. The van der Waals surface area contributed by atoms with E-state index in [2.05, 4.69) is 15.0 Å². The number of nitrogens with zero attached hydrogens (tertiary/aromatic N) is 1. The molecule has 3 N–H and O–H groups in total. The fraction of sp³-hybridized carbons (Fsp3) is 0.263. The molecule has 10 heteroatoms. The Morgan fingerprint density at radius 1 is 1.14 bits per heavy atom. The first-order valence-corrected chi connectivity index (χ1v) is 8.96. The van der Waals surface area contributed by atoms with Gasteiger partial charge in [-0.25, -0.2) is 0 Å². The Bertz CT molecular complexity index is 841. The summed E-state index contributed by atoms with van der Waals surface area (Å²) < 4.78 is 40.5. The summed E-state index contributed by atoms with van der Waals surface area (Å²) in [5.74, 6) is -0.640. The van der Waals surface area contributed by atoms with Crippen molar-refractivity contribution in [1.82, 2.24) is 10.8 Å². The molecule has 0 aliphatic carbocycles. The maximum Gasteiger partial charge on any atom is 0.573 e. The molecule has 0 radical (unpaired) electrons. The van der Waals surface area contributed by atoms with Crippen molar-refractivity contribution in [3.8, 4) is 5.75 Å². The van der Waals surface area contributed by atoms with E-state index in [9.17, 15) is 23.2 Å². The number of alkyl halides is 3. The lowest BCUT2D eigenvalue weighted by Gasteiger charge is -2.16. The molecule has 2 rings (SSSR count). The fourth-order valence-corrected chi connectivity index (χ4v) is 2.48. The van der Waals surface area contributed by atoms with Crippen molar-refractivity contribution in [2.45, 2.75) is 25.7 Å². The van der Waals surface area contributed by atoms with Crippen LogP contribution in [0.4, 0.5) is 13.2 Å². The number of amidine groups is 1. The second-order valence-corrected chi connectivity index (χ2v) is 6.40. The third-order valence-electron chi connectivity index (χ3n) is 3.87. The van der Waals surface area contributed by atoms with Gasteiger partial charge in [-0.3, -0.25) is 20.5 Å². The molecule has 0 fully saturated rings. The van der Waals surface area contributed by atoms with Gasteiger partial charge < -0.3 is 10.1 Å². The molecule has 29 heavy (non-hydrogen) atoms. The molecule has 0 saturated heterocycles. The van der Waals surface area contributed by atoms with Crippen LogP contribution in [-0.2, 0) is 0 Å². The van der Waals surface area contributed by atoms with Crippen molar-refractivity contribution in [3.63, 3.8) is 0 Å². The molecular weight excluding hydrogens is 411 g/mol. The van der Waals surface area contributed by atoms with Crippen LogP contribution in [-0.4, -0.2) is 35.9 Å². The zero-order chi connectivity index (χ0) is 21.4. The minimum Gasteiger partial charge on any atom is -0.406 e. The highest BCUT2D eigenvalue weighted by molar-refractivity contribution is 6.30. The molecule has 156 valence electrons. The normalized spacial score (nSPS) is 13.0. The van der Waals surface area contributed by atoms with Crippen molar-refractivity contribution in [1.29, 1.82) is 0 Å². The Balaban J connectivity index is 2.03. The second-order valence-electron chi connectivity index (χ2n) is 5.96. The molecule has 0 unspecified atom stereocenters. The Kier molecular flexibility index (Phi) is 7.86. The number of amides is 1. The Morgan fingerprint density at radius 2 is 1.72 bits per heavy atom. The van der Waals surface area contributed by atoms with Crippen LogP contribution < -0.4 is 15.5 Å². The molecule has 0 heterocycles. The zero-order valence-corrected chi connectivity index (χ0v) is 16.1. The lowest BCUT2D eigenvalue weighted by Crippen LogP contribution is -2.37. The van der Waals surface area contributed by atoms with E-state index in [1.165, 1.54) is 12.1 Å². The number of halogens is 4. The first kappa shape index (κ1) is 22.5. The summed E-state index contributed by atoms with van der Waals surface area (Å²) in [7, 11) is 0. The number of benzene rings is 2. The van der Waals surface area contributed by atoms with Crippen molar-refractivity contribution in [2.24, 2.45) is 4.99 Å². The van der Waals surface area contributed by atoms with Crippen LogP contribution >= 0.6 is 11.6 Å². The molecule has 0 aliphatic rings. The average molecular weight is 430 g/mol. The van der Waals surface area contributed by atoms with E-state index in [1.54, 1.807) is 24.3 Å². The number of rotatable bonds is 7. The summed E-state index contributed by atoms with van der Waals surface area (Å²) in [6.45, 7) is 2.00. The molecule has 2 aromatic rings.